The van der Waals surface area contributed by atoms with Gasteiger partial charge in [-0.2, -0.15) is 0 Å². The first kappa shape index (κ1) is 21.4. The fourth-order valence-electron chi connectivity index (χ4n) is 2.67. The minimum atomic E-state index is -0.630. The Kier molecular flexibility index (Phi) is 8.49. The molecule has 0 saturated heterocycles. The minimum absolute atomic E-state index is 0.0548. The molecule has 0 aliphatic heterocycles. The van der Waals surface area contributed by atoms with Crippen molar-refractivity contribution in [3.63, 3.8) is 0 Å². The van der Waals surface area contributed by atoms with Crippen LogP contribution < -0.4 is 15.4 Å². The van der Waals surface area contributed by atoms with Gasteiger partial charge in [0.25, 0.3) is 0 Å². The molecule has 6 heteroatoms. The molecule has 28 heavy (non-hydrogen) atoms. The second-order valence-electron chi connectivity index (χ2n) is 6.81. The molecule has 0 radical (unpaired) electrons. The Balaban J connectivity index is 1.97. The van der Waals surface area contributed by atoms with Crippen LogP contribution in [0.3, 0.4) is 0 Å². The van der Waals surface area contributed by atoms with Crippen LogP contribution in [0, 0.1) is 5.92 Å². The Bertz CT molecular complexity index is 762. The van der Waals surface area contributed by atoms with Gasteiger partial charge in [-0.1, -0.05) is 50.2 Å². The molecule has 0 bridgehead atoms. The van der Waals surface area contributed by atoms with Crippen LogP contribution in [0.4, 0.5) is 5.69 Å². The monoisotopic (exact) mass is 384 g/mol. The third kappa shape index (κ3) is 7.04. The fraction of sp³-hybridized carbons (Fsp3) is 0.364. The number of ether oxygens (including phenoxy) is 2. The molecule has 0 aromatic heterocycles. The first-order valence-electron chi connectivity index (χ1n) is 9.35. The van der Waals surface area contributed by atoms with Crippen molar-refractivity contribution in [3.05, 3.63) is 60.2 Å². The maximum absolute atomic E-state index is 12.7. The maximum atomic E-state index is 12.7. The molecule has 1 unspecified atom stereocenters. The summed E-state index contributed by atoms with van der Waals surface area (Å²) < 4.78 is 10.5. The first-order chi connectivity index (χ1) is 13.5. The van der Waals surface area contributed by atoms with E-state index in [4.69, 9.17) is 9.47 Å². The standard InChI is InChI=1S/C22H28N2O4/c1-16(2)21(24-20(25)14-17-8-5-4-6-9-17)22(26)23-18-10-7-11-19(15-18)28-13-12-27-3/h4-11,15-16,21H,12-14H2,1-3H3,(H,23,26)(H,24,25). The molecule has 0 heterocycles. The zero-order valence-electron chi connectivity index (χ0n) is 16.6. The van der Waals surface area contributed by atoms with Crippen molar-refractivity contribution in [1.29, 1.82) is 0 Å². The van der Waals surface area contributed by atoms with Gasteiger partial charge < -0.3 is 20.1 Å². The largest absolute Gasteiger partial charge is 0.491 e. The molecule has 0 aliphatic carbocycles. The third-order valence-corrected chi connectivity index (χ3v) is 4.13. The second kappa shape index (κ2) is 11.1. The van der Waals surface area contributed by atoms with Gasteiger partial charge in [0.2, 0.25) is 11.8 Å². The number of nitrogens with one attached hydrogen (secondary N) is 2. The lowest BCUT2D eigenvalue weighted by molar-refractivity contribution is -0.127. The zero-order valence-corrected chi connectivity index (χ0v) is 16.6. The van der Waals surface area contributed by atoms with Crippen LogP contribution in [0.5, 0.6) is 5.75 Å². The minimum Gasteiger partial charge on any atom is -0.491 e. The summed E-state index contributed by atoms with van der Waals surface area (Å²) in [5.74, 6) is 0.145. The molecule has 0 fully saturated rings. The van der Waals surface area contributed by atoms with Crippen LogP contribution >= 0.6 is 0 Å². The van der Waals surface area contributed by atoms with E-state index in [-0.39, 0.29) is 24.2 Å². The summed E-state index contributed by atoms with van der Waals surface area (Å²) in [5.41, 5.74) is 1.52. The SMILES string of the molecule is COCCOc1cccc(NC(=O)C(NC(=O)Cc2ccccc2)C(C)C)c1. The predicted octanol–water partition coefficient (Wildman–Crippen LogP) is 3.03. The fourth-order valence-corrected chi connectivity index (χ4v) is 2.67. The molecule has 0 saturated carbocycles. The van der Waals surface area contributed by atoms with Crippen LogP contribution in [0.25, 0.3) is 0 Å². The molecule has 2 amide bonds. The Morgan fingerprint density at radius 3 is 2.43 bits per heavy atom. The van der Waals surface area contributed by atoms with E-state index in [1.165, 1.54) is 0 Å². The van der Waals surface area contributed by atoms with Crippen LogP contribution in [0.2, 0.25) is 0 Å². The van der Waals surface area contributed by atoms with Gasteiger partial charge in [0.1, 0.15) is 18.4 Å². The number of hydrogen-bond acceptors (Lipinski definition) is 4. The highest BCUT2D eigenvalue weighted by Crippen LogP contribution is 2.18. The lowest BCUT2D eigenvalue weighted by atomic mass is 10.0. The second-order valence-corrected chi connectivity index (χ2v) is 6.81. The van der Waals surface area contributed by atoms with Crippen molar-refractivity contribution < 1.29 is 19.1 Å². The number of methoxy groups -OCH3 is 1. The molecular weight excluding hydrogens is 356 g/mol. The normalized spacial score (nSPS) is 11.7. The van der Waals surface area contributed by atoms with Gasteiger partial charge in [0, 0.05) is 18.9 Å². The average molecular weight is 384 g/mol. The molecule has 2 N–H and O–H groups in total. The van der Waals surface area contributed by atoms with Crippen molar-refractivity contribution in [1.82, 2.24) is 5.32 Å². The summed E-state index contributed by atoms with van der Waals surface area (Å²) in [6, 6.07) is 16.0. The molecule has 2 aromatic rings. The quantitative estimate of drug-likeness (QED) is 0.618. The average Bonchev–Trinajstić information content (AvgIpc) is 2.67. The summed E-state index contributed by atoms with van der Waals surface area (Å²) in [6.45, 7) is 4.71. The summed E-state index contributed by atoms with van der Waals surface area (Å²) >= 11 is 0. The number of carbonyl (C=O) groups excluding carboxylic acids is 2. The number of carbonyl (C=O) groups is 2. The van der Waals surface area contributed by atoms with E-state index >= 15 is 0 Å². The molecule has 0 aliphatic rings. The molecule has 2 rings (SSSR count). The van der Waals surface area contributed by atoms with Gasteiger partial charge in [0.15, 0.2) is 0 Å². The highest BCUT2D eigenvalue weighted by Gasteiger charge is 2.24. The summed E-state index contributed by atoms with van der Waals surface area (Å²) in [7, 11) is 1.61. The Labute approximate surface area is 166 Å². The third-order valence-electron chi connectivity index (χ3n) is 4.13. The lowest BCUT2D eigenvalue weighted by Crippen LogP contribution is -2.47. The van der Waals surface area contributed by atoms with Crippen molar-refractivity contribution in [3.8, 4) is 5.75 Å². The lowest BCUT2D eigenvalue weighted by Gasteiger charge is -2.22. The van der Waals surface area contributed by atoms with E-state index in [9.17, 15) is 9.59 Å². The number of anilines is 1. The Hall–Kier alpha value is -2.86. The van der Waals surface area contributed by atoms with Gasteiger partial charge in [0.05, 0.1) is 13.0 Å². The number of amides is 2. The molecule has 2 aromatic carbocycles. The van der Waals surface area contributed by atoms with Gasteiger partial charge in [-0.15, -0.1) is 0 Å². The van der Waals surface area contributed by atoms with Crippen molar-refractivity contribution in [2.75, 3.05) is 25.6 Å². The van der Waals surface area contributed by atoms with Crippen molar-refractivity contribution in [2.24, 2.45) is 5.92 Å². The van der Waals surface area contributed by atoms with Crippen LogP contribution in [0.1, 0.15) is 19.4 Å². The Morgan fingerprint density at radius 1 is 1.00 bits per heavy atom. The van der Waals surface area contributed by atoms with E-state index in [1.54, 1.807) is 25.3 Å². The van der Waals surface area contributed by atoms with Crippen LogP contribution in [0.15, 0.2) is 54.6 Å². The topological polar surface area (TPSA) is 76.7 Å². The van der Waals surface area contributed by atoms with E-state index in [2.05, 4.69) is 10.6 Å². The highest BCUT2D eigenvalue weighted by molar-refractivity contribution is 5.97. The van der Waals surface area contributed by atoms with Gasteiger partial charge >= 0.3 is 0 Å². The summed E-state index contributed by atoms with van der Waals surface area (Å²) in [5, 5.41) is 5.70. The van der Waals surface area contributed by atoms with E-state index in [1.807, 2.05) is 50.2 Å². The number of benzene rings is 2. The molecule has 150 valence electrons. The number of rotatable bonds is 10. The summed E-state index contributed by atoms with van der Waals surface area (Å²) in [6.07, 6.45) is 0.236. The molecule has 6 nitrogen and oxygen atoms in total. The van der Waals surface area contributed by atoms with Gasteiger partial charge in [-0.05, 0) is 23.6 Å². The smallest absolute Gasteiger partial charge is 0.247 e. The van der Waals surface area contributed by atoms with E-state index in [0.29, 0.717) is 24.7 Å². The van der Waals surface area contributed by atoms with Crippen LogP contribution in [-0.4, -0.2) is 38.2 Å². The first-order valence-corrected chi connectivity index (χ1v) is 9.35. The van der Waals surface area contributed by atoms with E-state index < -0.39 is 6.04 Å². The van der Waals surface area contributed by atoms with Crippen LogP contribution in [-0.2, 0) is 20.7 Å². The molecular formula is C22H28N2O4. The molecule has 1 atom stereocenters. The summed E-state index contributed by atoms with van der Waals surface area (Å²) in [4.78, 5) is 25.1. The van der Waals surface area contributed by atoms with Gasteiger partial charge in [-0.3, -0.25) is 9.59 Å². The molecule has 0 spiro atoms. The van der Waals surface area contributed by atoms with E-state index in [0.717, 1.165) is 5.56 Å². The number of hydrogen-bond donors (Lipinski definition) is 2. The van der Waals surface area contributed by atoms with Gasteiger partial charge in [-0.25, -0.2) is 0 Å². The van der Waals surface area contributed by atoms with Crippen molar-refractivity contribution >= 4 is 17.5 Å². The predicted molar refractivity (Wildman–Crippen MR) is 109 cm³/mol. The maximum Gasteiger partial charge on any atom is 0.247 e. The highest BCUT2D eigenvalue weighted by atomic mass is 16.5. The van der Waals surface area contributed by atoms with Crippen molar-refractivity contribution in [2.45, 2.75) is 26.3 Å². The zero-order chi connectivity index (χ0) is 20.4. The Morgan fingerprint density at radius 2 is 1.75 bits per heavy atom.